The van der Waals surface area contributed by atoms with Crippen molar-refractivity contribution >= 4 is 29.0 Å². The Labute approximate surface area is 204 Å². The number of anilines is 2. The highest BCUT2D eigenvalue weighted by molar-refractivity contribution is 5.71. The molecule has 0 radical (unpaired) electrons. The second kappa shape index (κ2) is 9.94. The molecule has 1 aliphatic rings. The van der Waals surface area contributed by atoms with Crippen molar-refractivity contribution in [3.8, 4) is 0 Å². The molecule has 4 rings (SSSR count). The highest BCUT2D eigenvalue weighted by Gasteiger charge is 2.37. The minimum atomic E-state index is -4.52. The summed E-state index contributed by atoms with van der Waals surface area (Å²) in [4.78, 5) is 27.8. The van der Waals surface area contributed by atoms with Crippen molar-refractivity contribution in [2.45, 2.75) is 45.3 Å². The second-order valence-corrected chi connectivity index (χ2v) is 9.22. The van der Waals surface area contributed by atoms with Crippen molar-refractivity contribution in [3.05, 3.63) is 35.9 Å². The fourth-order valence-corrected chi connectivity index (χ4v) is 4.76. The predicted octanol–water partition coefficient (Wildman–Crippen LogP) is 4.13. The van der Waals surface area contributed by atoms with Crippen LogP contribution in [0.15, 0.2) is 24.7 Å². The molecule has 1 fully saturated rings. The predicted molar refractivity (Wildman–Crippen MR) is 123 cm³/mol. The number of hydrogen-bond donors (Lipinski definition) is 0. The van der Waals surface area contributed by atoms with E-state index in [4.69, 9.17) is 0 Å². The van der Waals surface area contributed by atoms with Crippen LogP contribution in [-0.2, 0) is 17.5 Å². The van der Waals surface area contributed by atoms with Crippen LogP contribution in [0.25, 0.3) is 11.2 Å². The molecule has 0 N–H and O–H groups in total. The normalized spacial score (nSPS) is 16.1. The monoisotopic (exact) mass is 511 g/mol. The van der Waals surface area contributed by atoms with Crippen molar-refractivity contribution in [2.24, 2.45) is 5.41 Å². The average Bonchev–Trinajstić information content (AvgIpc) is 3.20. The van der Waals surface area contributed by atoms with E-state index in [2.05, 4.69) is 20.1 Å². The van der Waals surface area contributed by atoms with Crippen LogP contribution in [0.1, 0.15) is 30.5 Å². The zero-order chi connectivity index (χ0) is 26.1. The number of piperidine rings is 1. The summed E-state index contributed by atoms with van der Waals surface area (Å²) in [6.45, 7) is 2.59. The first-order valence-electron chi connectivity index (χ1n) is 11.4. The van der Waals surface area contributed by atoms with Crippen molar-refractivity contribution in [3.63, 3.8) is 0 Å². The second-order valence-electron chi connectivity index (χ2n) is 9.22. The van der Waals surface area contributed by atoms with Gasteiger partial charge in [0.15, 0.2) is 5.65 Å². The molecule has 0 aromatic carbocycles. The number of aryl methyl sites for hydroxylation is 1. The lowest BCUT2D eigenvalue weighted by Crippen LogP contribution is -2.46. The molecule has 4 heterocycles. The highest BCUT2D eigenvalue weighted by Crippen LogP contribution is 2.38. The molecular weight excluding hydrogens is 485 g/mol. The number of halogens is 5. The van der Waals surface area contributed by atoms with Crippen LogP contribution in [0, 0.1) is 12.3 Å². The largest absolute Gasteiger partial charge is 0.433 e. The molecular formula is C23H26F5N7O. The van der Waals surface area contributed by atoms with E-state index in [1.54, 1.807) is 20.2 Å². The number of pyridine rings is 1. The summed E-state index contributed by atoms with van der Waals surface area (Å²) in [6.07, 6.45) is -0.483. The van der Waals surface area contributed by atoms with Gasteiger partial charge in [-0.2, -0.15) is 18.3 Å². The first kappa shape index (κ1) is 25.7. The number of carbonyl (C=O) groups excluding carboxylic acids is 1. The lowest BCUT2D eigenvalue weighted by molar-refractivity contribution is -0.141. The minimum absolute atomic E-state index is 0.280. The van der Waals surface area contributed by atoms with Gasteiger partial charge in [-0.3, -0.25) is 0 Å². The number of hydrogen-bond acceptors (Lipinski definition) is 7. The van der Waals surface area contributed by atoms with Gasteiger partial charge < -0.3 is 14.6 Å². The van der Waals surface area contributed by atoms with Gasteiger partial charge in [0.05, 0.1) is 24.3 Å². The Morgan fingerprint density at radius 2 is 1.89 bits per heavy atom. The van der Waals surface area contributed by atoms with Crippen LogP contribution in [0.3, 0.4) is 0 Å². The van der Waals surface area contributed by atoms with Crippen LogP contribution in [-0.4, -0.2) is 64.1 Å². The fourth-order valence-electron chi connectivity index (χ4n) is 4.76. The smallest absolute Gasteiger partial charge is 0.373 e. The number of carbonyl (C=O) groups is 1. The van der Waals surface area contributed by atoms with E-state index in [1.165, 1.54) is 12.4 Å². The summed E-state index contributed by atoms with van der Waals surface area (Å²) >= 11 is 0. The molecule has 0 saturated carbocycles. The van der Waals surface area contributed by atoms with Gasteiger partial charge in [-0.25, -0.2) is 28.4 Å². The maximum atomic E-state index is 13.0. The molecule has 1 aliphatic heterocycles. The van der Waals surface area contributed by atoms with Gasteiger partial charge in [-0.05, 0) is 36.8 Å². The lowest BCUT2D eigenvalue weighted by Gasteiger charge is -2.43. The first-order valence-corrected chi connectivity index (χ1v) is 11.4. The van der Waals surface area contributed by atoms with Crippen LogP contribution < -0.4 is 9.80 Å². The summed E-state index contributed by atoms with van der Waals surface area (Å²) in [5.74, 6) is 0.536. The Hall–Kier alpha value is -3.38. The van der Waals surface area contributed by atoms with E-state index < -0.39 is 30.3 Å². The fraction of sp³-hybridized carbons (Fsp3) is 0.522. The Morgan fingerprint density at radius 1 is 1.17 bits per heavy atom. The van der Waals surface area contributed by atoms with E-state index in [1.807, 2.05) is 9.80 Å². The highest BCUT2D eigenvalue weighted by atomic mass is 19.4. The molecule has 0 unspecified atom stereocenters. The maximum absolute atomic E-state index is 13.0. The number of aldehydes is 1. The quantitative estimate of drug-likeness (QED) is 0.332. The molecule has 0 atom stereocenters. The summed E-state index contributed by atoms with van der Waals surface area (Å²) in [5, 5.41) is 3.94. The summed E-state index contributed by atoms with van der Waals surface area (Å²) in [7, 11) is 1.78. The molecule has 0 aliphatic carbocycles. The average molecular weight is 511 g/mol. The molecule has 0 amide bonds. The summed E-state index contributed by atoms with van der Waals surface area (Å²) in [6, 6.07) is 1.02. The Balaban J connectivity index is 1.49. The van der Waals surface area contributed by atoms with Crippen LogP contribution in [0.4, 0.5) is 33.5 Å². The zero-order valence-electron chi connectivity index (χ0n) is 19.8. The lowest BCUT2D eigenvalue weighted by atomic mass is 9.75. The summed E-state index contributed by atoms with van der Waals surface area (Å²) < 4.78 is 65.8. The topological polar surface area (TPSA) is 80.0 Å². The number of rotatable bonds is 8. The number of aromatic nitrogens is 5. The molecule has 13 heteroatoms. The van der Waals surface area contributed by atoms with Gasteiger partial charge in [0.1, 0.15) is 29.9 Å². The third-order valence-corrected chi connectivity index (χ3v) is 6.67. The van der Waals surface area contributed by atoms with Crippen molar-refractivity contribution in [2.75, 3.05) is 36.5 Å². The Morgan fingerprint density at radius 3 is 2.50 bits per heavy atom. The maximum Gasteiger partial charge on any atom is 0.433 e. The van der Waals surface area contributed by atoms with Gasteiger partial charge in [0.25, 0.3) is 6.43 Å². The van der Waals surface area contributed by atoms with E-state index in [9.17, 15) is 26.7 Å². The van der Waals surface area contributed by atoms with Crippen molar-refractivity contribution in [1.82, 2.24) is 24.7 Å². The molecule has 194 valence electrons. The van der Waals surface area contributed by atoms with E-state index in [0.717, 1.165) is 17.0 Å². The minimum Gasteiger partial charge on any atom is -0.373 e. The van der Waals surface area contributed by atoms with Gasteiger partial charge in [-0.15, -0.1) is 0 Å². The molecule has 8 nitrogen and oxygen atoms in total. The van der Waals surface area contributed by atoms with Gasteiger partial charge in [-0.1, -0.05) is 0 Å². The number of fused-ring (bicyclic) bond motifs is 1. The van der Waals surface area contributed by atoms with Gasteiger partial charge in [0, 0.05) is 33.1 Å². The summed E-state index contributed by atoms with van der Waals surface area (Å²) in [5.41, 5.74) is 0.385. The van der Waals surface area contributed by atoms with Gasteiger partial charge >= 0.3 is 6.18 Å². The molecule has 1 saturated heterocycles. The van der Waals surface area contributed by atoms with E-state index in [0.29, 0.717) is 61.5 Å². The standard InChI is InChI=1S/C23H26F5N7O/c1-15-9-18(23(26,27)28)30-11-17(15)33(2)14-22(5-8-36)3-6-34(7-4-22)20-12-29-16-10-31-35(13-19(24)25)21(16)32-20/h8-12,19H,3-7,13-14H2,1-2H3. The Kier molecular flexibility index (Phi) is 7.10. The van der Waals surface area contributed by atoms with E-state index >= 15 is 0 Å². The third kappa shape index (κ3) is 5.39. The zero-order valence-corrected chi connectivity index (χ0v) is 19.8. The molecule has 0 bridgehead atoms. The van der Waals surface area contributed by atoms with Crippen molar-refractivity contribution in [1.29, 1.82) is 0 Å². The van der Waals surface area contributed by atoms with Crippen molar-refractivity contribution < 1.29 is 26.7 Å². The SMILES string of the molecule is Cc1cc(C(F)(F)F)ncc1N(C)CC1(CC=O)CCN(c2cnc3cnn(CC(F)F)c3n2)CC1. The Bertz CT molecular complexity index is 1220. The van der Waals surface area contributed by atoms with Gasteiger partial charge in [0.2, 0.25) is 0 Å². The molecule has 0 spiro atoms. The number of alkyl halides is 5. The first-order chi connectivity index (χ1) is 17.0. The molecule has 3 aromatic rings. The van der Waals surface area contributed by atoms with Crippen LogP contribution in [0.2, 0.25) is 0 Å². The molecule has 36 heavy (non-hydrogen) atoms. The third-order valence-electron chi connectivity index (χ3n) is 6.67. The number of nitrogens with zero attached hydrogens (tertiary/aromatic N) is 7. The molecule has 3 aromatic heterocycles. The van der Waals surface area contributed by atoms with Crippen LogP contribution in [0.5, 0.6) is 0 Å². The van der Waals surface area contributed by atoms with E-state index in [-0.39, 0.29) is 5.65 Å². The van der Waals surface area contributed by atoms with Crippen LogP contribution >= 0.6 is 0 Å².